The lowest BCUT2D eigenvalue weighted by Gasteiger charge is -2.12. The molecule has 1 rings (SSSR count). The molecule has 0 saturated heterocycles. The second-order valence-electron chi connectivity index (χ2n) is 3.03. The molecule has 2 nitrogen and oxygen atoms in total. The normalized spacial score (nSPS) is 11.4. The molecule has 0 N–H and O–H groups in total. The molecule has 7 heteroatoms. The van der Waals surface area contributed by atoms with Gasteiger partial charge in [-0.05, 0) is 12.1 Å². The van der Waals surface area contributed by atoms with Crippen LogP contribution in [0, 0.1) is 5.82 Å². The fourth-order valence-corrected chi connectivity index (χ4v) is 1.53. The summed E-state index contributed by atoms with van der Waals surface area (Å²) in [5.41, 5.74) is -0.415. The molecule has 1 aromatic rings. The molecule has 0 aliphatic heterocycles. The highest BCUT2D eigenvalue weighted by Crippen LogP contribution is 2.30. The van der Waals surface area contributed by atoms with Crippen molar-refractivity contribution in [2.45, 2.75) is 12.8 Å². The van der Waals surface area contributed by atoms with Crippen molar-refractivity contribution >= 4 is 21.7 Å². The first-order valence-corrected chi connectivity index (χ1v) is 5.60. The zero-order valence-corrected chi connectivity index (χ0v) is 9.94. The second-order valence-corrected chi connectivity index (χ2v) is 3.82. The first kappa shape index (κ1) is 14.0. The summed E-state index contributed by atoms with van der Waals surface area (Å²) >= 11 is 2.97. The van der Waals surface area contributed by atoms with Crippen molar-refractivity contribution in [2.24, 2.45) is 0 Å². The fourth-order valence-electron chi connectivity index (χ4n) is 1.17. The highest BCUT2D eigenvalue weighted by molar-refractivity contribution is 9.09. The number of hydrogen-bond acceptors (Lipinski definition) is 2. The SMILES string of the molecule is O=C(CCBr)c1cccc(F)c1OC(F)(F)F. The molecule has 0 heterocycles. The largest absolute Gasteiger partial charge is 0.573 e. The van der Waals surface area contributed by atoms with Gasteiger partial charge >= 0.3 is 6.36 Å². The van der Waals surface area contributed by atoms with Crippen molar-refractivity contribution in [1.29, 1.82) is 0 Å². The monoisotopic (exact) mass is 314 g/mol. The van der Waals surface area contributed by atoms with Gasteiger partial charge in [0.15, 0.2) is 17.3 Å². The number of ketones is 1. The molecule has 0 fully saturated rings. The number of hydrogen-bond donors (Lipinski definition) is 0. The molecule has 0 radical (unpaired) electrons. The van der Waals surface area contributed by atoms with E-state index in [9.17, 15) is 22.4 Å². The van der Waals surface area contributed by atoms with Crippen LogP contribution in [-0.4, -0.2) is 17.5 Å². The highest BCUT2D eigenvalue weighted by Gasteiger charge is 2.34. The Balaban J connectivity index is 3.13. The molecule has 0 aliphatic carbocycles. The fraction of sp³-hybridized carbons (Fsp3) is 0.300. The number of ether oxygens (including phenoxy) is 1. The van der Waals surface area contributed by atoms with E-state index in [1.807, 2.05) is 0 Å². The van der Waals surface area contributed by atoms with Crippen molar-refractivity contribution < 1.29 is 27.1 Å². The predicted molar refractivity (Wildman–Crippen MR) is 55.8 cm³/mol. The molecule has 0 aromatic heterocycles. The number of benzene rings is 1. The molecule has 0 spiro atoms. The third kappa shape index (κ3) is 3.99. The minimum Gasteiger partial charge on any atom is -0.402 e. The third-order valence-electron chi connectivity index (χ3n) is 1.81. The van der Waals surface area contributed by atoms with Gasteiger partial charge in [-0.25, -0.2) is 4.39 Å². The Morgan fingerprint density at radius 2 is 2.00 bits per heavy atom. The van der Waals surface area contributed by atoms with Crippen molar-refractivity contribution in [1.82, 2.24) is 0 Å². The van der Waals surface area contributed by atoms with Crippen LogP contribution in [0.3, 0.4) is 0 Å². The van der Waals surface area contributed by atoms with E-state index in [1.165, 1.54) is 0 Å². The molecule has 0 saturated carbocycles. The van der Waals surface area contributed by atoms with Crippen LogP contribution in [0.15, 0.2) is 18.2 Å². The first-order valence-electron chi connectivity index (χ1n) is 4.48. The number of carbonyl (C=O) groups excluding carboxylic acids is 1. The van der Waals surface area contributed by atoms with Crippen LogP contribution in [-0.2, 0) is 0 Å². The summed E-state index contributed by atoms with van der Waals surface area (Å²) in [6.07, 6.45) is -5.08. The molecule has 17 heavy (non-hydrogen) atoms. The Morgan fingerprint density at radius 3 is 2.53 bits per heavy atom. The predicted octanol–water partition coefficient (Wildman–Crippen LogP) is 3.69. The van der Waals surface area contributed by atoms with E-state index in [4.69, 9.17) is 0 Å². The van der Waals surface area contributed by atoms with Gasteiger partial charge in [0.1, 0.15) is 0 Å². The average Bonchev–Trinajstić information content (AvgIpc) is 2.19. The Bertz CT molecular complexity index is 417. The maximum absolute atomic E-state index is 13.2. The van der Waals surface area contributed by atoms with Crippen LogP contribution in [0.5, 0.6) is 5.75 Å². The summed E-state index contributed by atoms with van der Waals surface area (Å²) in [4.78, 5) is 11.5. The van der Waals surface area contributed by atoms with E-state index in [1.54, 1.807) is 0 Å². The van der Waals surface area contributed by atoms with Crippen LogP contribution < -0.4 is 4.74 Å². The Hall–Kier alpha value is -1.11. The van der Waals surface area contributed by atoms with E-state index in [0.717, 1.165) is 18.2 Å². The molecule has 0 atom stereocenters. The standard InChI is InChI=1S/C10H7BrF4O2/c11-5-4-8(16)6-2-1-3-7(12)9(6)17-10(13,14)15/h1-3H,4-5H2. The van der Waals surface area contributed by atoms with Crippen LogP contribution >= 0.6 is 15.9 Å². The molecule has 0 aliphatic rings. The highest BCUT2D eigenvalue weighted by atomic mass is 79.9. The van der Waals surface area contributed by atoms with E-state index in [0.29, 0.717) is 0 Å². The van der Waals surface area contributed by atoms with Crippen molar-refractivity contribution in [2.75, 3.05) is 5.33 Å². The van der Waals surface area contributed by atoms with E-state index >= 15 is 0 Å². The minimum absolute atomic E-state index is 0.0440. The van der Waals surface area contributed by atoms with Crippen LogP contribution in [0.2, 0.25) is 0 Å². The zero-order chi connectivity index (χ0) is 13.1. The summed E-state index contributed by atoms with van der Waals surface area (Å²) in [6.45, 7) is 0. The minimum atomic E-state index is -5.04. The van der Waals surface area contributed by atoms with Gasteiger partial charge in [0.05, 0.1) is 5.56 Å². The Morgan fingerprint density at radius 1 is 1.35 bits per heavy atom. The molecule has 94 valence electrons. The number of carbonyl (C=O) groups is 1. The lowest BCUT2D eigenvalue weighted by molar-refractivity contribution is -0.275. The van der Waals surface area contributed by atoms with Gasteiger partial charge in [-0.15, -0.1) is 13.2 Å². The average molecular weight is 315 g/mol. The van der Waals surface area contributed by atoms with Crippen molar-refractivity contribution in [3.05, 3.63) is 29.6 Å². The Kier molecular flexibility index (Phi) is 4.50. The molecular weight excluding hydrogens is 308 g/mol. The summed E-state index contributed by atoms with van der Waals surface area (Å²) in [5.74, 6) is -2.92. The van der Waals surface area contributed by atoms with Gasteiger partial charge in [0, 0.05) is 11.8 Å². The van der Waals surface area contributed by atoms with Gasteiger partial charge in [-0.1, -0.05) is 22.0 Å². The van der Waals surface area contributed by atoms with Gasteiger partial charge in [0.2, 0.25) is 0 Å². The zero-order valence-electron chi connectivity index (χ0n) is 8.35. The van der Waals surface area contributed by atoms with Gasteiger partial charge in [-0.2, -0.15) is 0 Å². The summed E-state index contributed by atoms with van der Waals surface area (Å²) in [5, 5.41) is 0.272. The summed E-state index contributed by atoms with van der Waals surface area (Å²) in [6, 6.07) is 3.04. The third-order valence-corrected chi connectivity index (χ3v) is 2.20. The Labute approximate surface area is 103 Å². The smallest absolute Gasteiger partial charge is 0.402 e. The quantitative estimate of drug-likeness (QED) is 0.481. The summed E-state index contributed by atoms with van der Waals surface area (Å²) in [7, 11) is 0. The van der Waals surface area contributed by atoms with E-state index < -0.39 is 29.3 Å². The summed E-state index contributed by atoms with van der Waals surface area (Å²) < 4.78 is 52.8. The number of Topliss-reactive ketones (excluding diaryl/α,β-unsaturated/α-hetero) is 1. The van der Waals surface area contributed by atoms with Gasteiger partial charge < -0.3 is 4.74 Å². The first-order chi connectivity index (χ1) is 7.85. The molecular formula is C10H7BrF4O2. The van der Waals surface area contributed by atoms with Gasteiger partial charge in [0.25, 0.3) is 0 Å². The number of para-hydroxylation sites is 1. The molecule has 1 aromatic carbocycles. The number of halogens is 5. The molecule has 0 unspecified atom stereocenters. The van der Waals surface area contributed by atoms with Gasteiger partial charge in [-0.3, -0.25) is 4.79 Å². The lowest BCUT2D eigenvalue weighted by atomic mass is 10.1. The topological polar surface area (TPSA) is 26.3 Å². The lowest BCUT2D eigenvalue weighted by Crippen LogP contribution is -2.20. The van der Waals surface area contributed by atoms with Crippen molar-refractivity contribution in [3.8, 4) is 5.75 Å². The maximum Gasteiger partial charge on any atom is 0.573 e. The second kappa shape index (κ2) is 5.48. The van der Waals surface area contributed by atoms with Crippen LogP contribution in [0.1, 0.15) is 16.8 Å². The number of alkyl halides is 4. The molecule has 0 amide bonds. The van der Waals surface area contributed by atoms with Crippen molar-refractivity contribution in [3.63, 3.8) is 0 Å². The molecule has 0 bridgehead atoms. The van der Waals surface area contributed by atoms with Crippen LogP contribution in [0.25, 0.3) is 0 Å². The number of rotatable bonds is 4. The van der Waals surface area contributed by atoms with Crippen LogP contribution in [0.4, 0.5) is 17.6 Å². The van der Waals surface area contributed by atoms with E-state index in [2.05, 4.69) is 20.7 Å². The maximum atomic E-state index is 13.2. The van der Waals surface area contributed by atoms with E-state index in [-0.39, 0.29) is 11.8 Å².